The summed E-state index contributed by atoms with van der Waals surface area (Å²) in [6.07, 6.45) is 0. The van der Waals surface area contributed by atoms with Gasteiger partial charge in [-0.25, -0.2) is 10.2 Å². The Hall–Kier alpha value is -1.76. The van der Waals surface area contributed by atoms with Crippen molar-refractivity contribution >= 4 is 27.9 Å². The van der Waals surface area contributed by atoms with E-state index in [4.69, 9.17) is 10.5 Å². The molecule has 7 heteroatoms. The molecule has 0 unspecified atom stereocenters. The van der Waals surface area contributed by atoms with Gasteiger partial charge >= 0.3 is 6.03 Å². The van der Waals surface area contributed by atoms with Crippen LogP contribution in [0.2, 0.25) is 0 Å². The van der Waals surface area contributed by atoms with Gasteiger partial charge in [-0.2, -0.15) is 0 Å². The zero-order valence-electron chi connectivity index (χ0n) is 8.41. The molecule has 0 atom stereocenters. The second-order valence-corrected chi connectivity index (χ2v) is 3.70. The van der Waals surface area contributed by atoms with Gasteiger partial charge in [-0.3, -0.25) is 10.2 Å². The molecule has 0 heterocycles. The topological polar surface area (TPSA) is 93.4 Å². The Balaban J connectivity index is 2.86. The zero-order valence-corrected chi connectivity index (χ0v) is 10.00. The summed E-state index contributed by atoms with van der Waals surface area (Å²) in [6, 6.07) is 4.03. The van der Waals surface area contributed by atoms with Crippen molar-refractivity contribution in [2.75, 3.05) is 7.11 Å². The first-order chi connectivity index (χ1) is 7.54. The summed E-state index contributed by atoms with van der Waals surface area (Å²) in [5.74, 6) is -0.124. The molecule has 3 amide bonds. The van der Waals surface area contributed by atoms with Crippen LogP contribution in [0.5, 0.6) is 5.75 Å². The number of hydrogen-bond donors (Lipinski definition) is 3. The van der Waals surface area contributed by atoms with Gasteiger partial charge in [0.25, 0.3) is 5.91 Å². The van der Waals surface area contributed by atoms with E-state index in [1.165, 1.54) is 7.11 Å². The molecule has 0 spiro atoms. The van der Waals surface area contributed by atoms with Gasteiger partial charge in [0.05, 0.1) is 12.7 Å². The minimum absolute atomic E-state index is 0.291. The van der Waals surface area contributed by atoms with Crippen LogP contribution >= 0.6 is 15.9 Å². The average Bonchev–Trinajstić information content (AvgIpc) is 2.25. The lowest BCUT2D eigenvalue weighted by Crippen LogP contribution is -2.44. The predicted molar refractivity (Wildman–Crippen MR) is 60.9 cm³/mol. The van der Waals surface area contributed by atoms with E-state index >= 15 is 0 Å². The number of carbonyl (C=O) groups excluding carboxylic acids is 2. The van der Waals surface area contributed by atoms with E-state index in [0.29, 0.717) is 11.3 Å². The van der Waals surface area contributed by atoms with Crippen molar-refractivity contribution in [2.45, 2.75) is 0 Å². The van der Waals surface area contributed by atoms with Crippen molar-refractivity contribution in [2.24, 2.45) is 5.73 Å². The lowest BCUT2D eigenvalue weighted by molar-refractivity contribution is 0.0934. The Kier molecular flexibility index (Phi) is 4.12. The van der Waals surface area contributed by atoms with Crippen molar-refractivity contribution in [3.63, 3.8) is 0 Å². The maximum Gasteiger partial charge on any atom is 0.330 e. The molecule has 0 saturated carbocycles. The second kappa shape index (κ2) is 5.36. The van der Waals surface area contributed by atoms with E-state index < -0.39 is 11.9 Å². The van der Waals surface area contributed by atoms with Gasteiger partial charge in [-0.15, -0.1) is 0 Å². The third kappa shape index (κ3) is 3.13. The Morgan fingerprint density at radius 1 is 1.38 bits per heavy atom. The number of ether oxygens (including phenoxy) is 1. The number of hydrogen-bond acceptors (Lipinski definition) is 3. The summed E-state index contributed by atoms with van der Waals surface area (Å²) in [5, 5.41) is 0. The number of carbonyl (C=O) groups is 2. The van der Waals surface area contributed by atoms with Gasteiger partial charge in [-0.05, 0) is 18.2 Å². The lowest BCUT2D eigenvalue weighted by atomic mass is 10.2. The molecule has 0 radical (unpaired) electrons. The van der Waals surface area contributed by atoms with E-state index in [2.05, 4.69) is 21.4 Å². The van der Waals surface area contributed by atoms with Crippen molar-refractivity contribution < 1.29 is 14.3 Å². The molecule has 0 aliphatic rings. The van der Waals surface area contributed by atoms with E-state index in [1.54, 1.807) is 18.2 Å². The van der Waals surface area contributed by atoms with Gasteiger partial charge in [0.1, 0.15) is 5.75 Å². The summed E-state index contributed by atoms with van der Waals surface area (Å²) >= 11 is 3.25. The van der Waals surface area contributed by atoms with Crippen molar-refractivity contribution in [1.29, 1.82) is 0 Å². The number of urea groups is 1. The maximum absolute atomic E-state index is 11.6. The highest BCUT2D eigenvalue weighted by Gasteiger charge is 2.12. The van der Waals surface area contributed by atoms with Crippen LogP contribution in [0, 0.1) is 0 Å². The summed E-state index contributed by atoms with van der Waals surface area (Å²) < 4.78 is 5.80. The van der Waals surface area contributed by atoms with Gasteiger partial charge in [0.2, 0.25) is 0 Å². The molecule has 16 heavy (non-hydrogen) atoms. The highest BCUT2D eigenvalue weighted by atomic mass is 79.9. The molecule has 4 N–H and O–H groups in total. The summed E-state index contributed by atoms with van der Waals surface area (Å²) in [4.78, 5) is 22.0. The van der Waals surface area contributed by atoms with Crippen LogP contribution in [0.1, 0.15) is 10.4 Å². The van der Waals surface area contributed by atoms with Crippen molar-refractivity contribution in [3.05, 3.63) is 28.2 Å². The third-order valence-electron chi connectivity index (χ3n) is 1.71. The smallest absolute Gasteiger partial charge is 0.330 e. The molecule has 0 aromatic heterocycles. The number of nitrogens with one attached hydrogen (secondary N) is 2. The first kappa shape index (κ1) is 12.3. The number of methoxy groups -OCH3 is 1. The number of rotatable bonds is 2. The number of halogens is 1. The van der Waals surface area contributed by atoms with Gasteiger partial charge in [0, 0.05) is 4.47 Å². The second-order valence-electron chi connectivity index (χ2n) is 2.79. The van der Waals surface area contributed by atoms with Crippen LogP contribution in [0.4, 0.5) is 4.79 Å². The van der Waals surface area contributed by atoms with Gasteiger partial charge in [0.15, 0.2) is 0 Å². The Morgan fingerprint density at radius 2 is 2.06 bits per heavy atom. The third-order valence-corrected chi connectivity index (χ3v) is 2.20. The Labute approximate surface area is 100 Å². The van der Waals surface area contributed by atoms with Gasteiger partial charge in [-0.1, -0.05) is 15.9 Å². The van der Waals surface area contributed by atoms with E-state index in [9.17, 15) is 9.59 Å². The van der Waals surface area contributed by atoms with Crippen LogP contribution < -0.4 is 21.3 Å². The molecule has 0 aliphatic heterocycles. The number of primary amides is 1. The molecule has 0 bridgehead atoms. The number of benzene rings is 1. The summed E-state index contributed by atoms with van der Waals surface area (Å²) in [5.41, 5.74) is 9.22. The highest BCUT2D eigenvalue weighted by molar-refractivity contribution is 9.10. The summed E-state index contributed by atoms with van der Waals surface area (Å²) in [7, 11) is 1.44. The Bertz CT molecular complexity index is 422. The van der Waals surface area contributed by atoms with E-state index in [1.807, 2.05) is 5.43 Å². The minimum Gasteiger partial charge on any atom is -0.496 e. The largest absolute Gasteiger partial charge is 0.496 e. The average molecular weight is 288 g/mol. The quantitative estimate of drug-likeness (QED) is 0.702. The highest BCUT2D eigenvalue weighted by Crippen LogP contribution is 2.23. The van der Waals surface area contributed by atoms with Crippen LogP contribution in [0.3, 0.4) is 0 Å². The Morgan fingerprint density at radius 3 is 2.62 bits per heavy atom. The predicted octanol–water partition coefficient (Wildman–Crippen LogP) is 0.771. The van der Waals surface area contributed by atoms with Crippen LogP contribution in [-0.2, 0) is 0 Å². The van der Waals surface area contributed by atoms with Crippen LogP contribution in [0.15, 0.2) is 22.7 Å². The first-order valence-corrected chi connectivity index (χ1v) is 5.03. The number of amides is 3. The number of hydrazine groups is 1. The molecule has 0 aliphatic carbocycles. The number of nitrogens with two attached hydrogens (primary N) is 1. The molecular formula is C9H10BrN3O3. The first-order valence-electron chi connectivity index (χ1n) is 4.24. The summed E-state index contributed by atoms with van der Waals surface area (Å²) in [6.45, 7) is 0. The molecule has 1 aromatic rings. The standard InChI is InChI=1S/C9H10BrN3O3/c1-16-7-4-5(10)2-3-6(7)8(14)12-13-9(11)15/h2-4H,1H3,(H,12,14)(H3,11,13,15). The minimum atomic E-state index is -0.843. The van der Waals surface area contributed by atoms with Crippen LogP contribution in [-0.4, -0.2) is 19.0 Å². The molecule has 0 saturated heterocycles. The molecule has 6 nitrogen and oxygen atoms in total. The van der Waals surface area contributed by atoms with E-state index in [0.717, 1.165) is 4.47 Å². The molecule has 1 rings (SSSR count). The van der Waals surface area contributed by atoms with E-state index in [-0.39, 0.29) is 0 Å². The zero-order chi connectivity index (χ0) is 12.1. The van der Waals surface area contributed by atoms with Crippen molar-refractivity contribution in [1.82, 2.24) is 10.9 Å². The molecule has 1 aromatic carbocycles. The fourth-order valence-electron chi connectivity index (χ4n) is 1.04. The lowest BCUT2D eigenvalue weighted by Gasteiger charge is -2.09. The molecular weight excluding hydrogens is 278 g/mol. The SMILES string of the molecule is COc1cc(Br)ccc1C(=O)NNC(N)=O. The fourth-order valence-corrected chi connectivity index (χ4v) is 1.38. The van der Waals surface area contributed by atoms with Gasteiger partial charge < -0.3 is 10.5 Å². The fraction of sp³-hybridized carbons (Fsp3) is 0.111. The maximum atomic E-state index is 11.6. The monoisotopic (exact) mass is 287 g/mol. The molecule has 0 fully saturated rings. The van der Waals surface area contributed by atoms with Crippen LogP contribution in [0.25, 0.3) is 0 Å². The van der Waals surface area contributed by atoms with Crippen molar-refractivity contribution in [3.8, 4) is 5.75 Å². The molecule has 86 valence electrons. The normalized spacial score (nSPS) is 9.38.